The summed E-state index contributed by atoms with van der Waals surface area (Å²) in [5, 5.41) is 12.0. The fourth-order valence-corrected chi connectivity index (χ4v) is 5.00. The van der Waals surface area contributed by atoms with Gasteiger partial charge in [0.15, 0.2) is 0 Å². The molecule has 2 N–H and O–H groups in total. The van der Waals surface area contributed by atoms with Crippen molar-refractivity contribution in [2.45, 2.75) is 58.4 Å². The topological polar surface area (TPSA) is 114 Å². The highest BCUT2D eigenvalue weighted by Gasteiger charge is 2.44. The van der Waals surface area contributed by atoms with Crippen molar-refractivity contribution < 1.29 is 46.9 Å². The number of carbonyl (C=O) groups is 3. The number of anilines is 1. The predicted molar refractivity (Wildman–Crippen MR) is 127 cm³/mol. The summed E-state index contributed by atoms with van der Waals surface area (Å²) in [4.78, 5) is 38.6. The van der Waals surface area contributed by atoms with Crippen molar-refractivity contribution in [1.82, 2.24) is 4.90 Å². The van der Waals surface area contributed by atoms with Crippen LogP contribution in [0.3, 0.4) is 0 Å². The number of carbonyl (C=O) groups excluding carboxylic acids is 2. The summed E-state index contributed by atoms with van der Waals surface area (Å²) in [6, 6.07) is 0. The number of morpholine rings is 1. The normalized spacial score (nSPS) is 18.1. The van der Waals surface area contributed by atoms with Crippen molar-refractivity contribution in [1.29, 1.82) is 0 Å². The lowest BCUT2D eigenvalue weighted by atomic mass is 9.85. The number of hydrogen-bond donors (Lipinski definition) is 2. The highest BCUT2D eigenvalue weighted by molar-refractivity contribution is 6.07. The summed E-state index contributed by atoms with van der Waals surface area (Å²) in [6.45, 7) is 6.78. The second kappa shape index (κ2) is 11.1. The molecule has 2 heterocycles. The number of cyclic esters (lactones) is 1. The number of hydrogen-bond acceptors (Lipinski definition) is 7. The SMILES string of the molecule is CCC(C/C(C)=C/Cc1c(NC(=O)C(F)(F)F)c2c(c(C)c1OC)COC2=O)(C(=O)O)N1CCOCC1. The molecule has 1 unspecified atom stereocenters. The molecule has 1 fully saturated rings. The molecular formula is C25H31F3N2O7. The molecule has 0 radical (unpaired) electrons. The highest BCUT2D eigenvalue weighted by atomic mass is 19.4. The van der Waals surface area contributed by atoms with Gasteiger partial charge in [0, 0.05) is 24.2 Å². The van der Waals surface area contributed by atoms with E-state index in [0.717, 1.165) is 0 Å². The number of alkyl halides is 3. The fraction of sp³-hybridized carbons (Fsp3) is 0.560. The molecule has 1 saturated heterocycles. The van der Waals surface area contributed by atoms with Gasteiger partial charge in [0.05, 0.1) is 31.6 Å². The summed E-state index contributed by atoms with van der Waals surface area (Å²) in [7, 11) is 1.34. The zero-order valence-electron chi connectivity index (χ0n) is 21.2. The average Bonchev–Trinajstić information content (AvgIpc) is 3.24. The van der Waals surface area contributed by atoms with Gasteiger partial charge in [-0.05, 0) is 38.7 Å². The molecule has 0 bridgehead atoms. The number of ether oxygens (including phenoxy) is 3. The van der Waals surface area contributed by atoms with Crippen molar-refractivity contribution in [2.75, 3.05) is 38.7 Å². The minimum absolute atomic E-state index is 0.0214. The number of rotatable bonds is 9. The summed E-state index contributed by atoms with van der Waals surface area (Å²) in [5.74, 6) is -3.84. The van der Waals surface area contributed by atoms with Crippen LogP contribution in [-0.4, -0.2) is 73.0 Å². The van der Waals surface area contributed by atoms with E-state index in [1.54, 1.807) is 26.8 Å². The first-order chi connectivity index (χ1) is 17.4. The van der Waals surface area contributed by atoms with Crippen LogP contribution in [-0.2, 0) is 32.1 Å². The maximum Gasteiger partial charge on any atom is 0.471 e. The number of carboxylic acid groups (broad SMARTS) is 1. The molecule has 2 aliphatic rings. The van der Waals surface area contributed by atoms with Gasteiger partial charge in [-0.3, -0.25) is 14.5 Å². The van der Waals surface area contributed by atoms with E-state index >= 15 is 0 Å². The minimum atomic E-state index is -5.18. The zero-order valence-corrected chi connectivity index (χ0v) is 21.2. The number of esters is 1. The summed E-state index contributed by atoms with van der Waals surface area (Å²) in [5.41, 5.74) is 0.0470. The number of amides is 1. The van der Waals surface area contributed by atoms with E-state index in [0.29, 0.717) is 49.4 Å². The van der Waals surface area contributed by atoms with Gasteiger partial charge in [-0.1, -0.05) is 18.6 Å². The van der Waals surface area contributed by atoms with Gasteiger partial charge in [-0.2, -0.15) is 13.2 Å². The lowest BCUT2D eigenvalue weighted by Crippen LogP contribution is -2.58. The summed E-state index contributed by atoms with van der Waals surface area (Å²) in [6.07, 6.45) is -3.03. The number of benzene rings is 1. The largest absolute Gasteiger partial charge is 0.496 e. The van der Waals surface area contributed by atoms with Crippen LogP contribution in [0.5, 0.6) is 5.75 Å². The number of fused-ring (bicyclic) bond motifs is 1. The molecule has 1 amide bonds. The molecule has 37 heavy (non-hydrogen) atoms. The molecule has 0 aromatic heterocycles. The van der Waals surface area contributed by atoms with Gasteiger partial charge in [-0.15, -0.1) is 0 Å². The molecule has 204 valence electrons. The maximum absolute atomic E-state index is 13.1. The first-order valence-corrected chi connectivity index (χ1v) is 11.9. The van der Waals surface area contributed by atoms with Gasteiger partial charge >= 0.3 is 24.0 Å². The predicted octanol–water partition coefficient (Wildman–Crippen LogP) is 3.62. The van der Waals surface area contributed by atoms with Crippen LogP contribution < -0.4 is 10.1 Å². The van der Waals surface area contributed by atoms with E-state index in [9.17, 15) is 32.7 Å². The number of carboxylic acids is 1. The van der Waals surface area contributed by atoms with Gasteiger partial charge in [0.2, 0.25) is 0 Å². The average molecular weight is 529 g/mol. The Bertz CT molecular complexity index is 1110. The molecule has 1 atom stereocenters. The van der Waals surface area contributed by atoms with Gasteiger partial charge in [0.1, 0.15) is 17.9 Å². The lowest BCUT2D eigenvalue weighted by Gasteiger charge is -2.42. The Morgan fingerprint density at radius 2 is 1.89 bits per heavy atom. The Morgan fingerprint density at radius 1 is 1.24 bits per heavy atom. The van der Waals surface area contributed by atoms with E-state index in [4.69, 9.17) is 14.2 Å². The molecule has 0 saturated carbocycles. The number of nitrogens with zero attached hydrogens (tertiary/aromatic N) is 1. The van der Waals surface area contributed by atoms with Crippen LogP contribution in [0.4, 0.5) is 18.9 Å². The molecule has 12 heteroatoms. The van der Waals surface area contributed by atoms with E-state index in [2.05, 4.69) is 0 Å². The lowest BCUT2D eigenvalue weighted by molar-refractivity contribution is -0.167. The van der Waals surface area contributed by atoms with Gasteiger partial charge in [0.25, 0.3) is 0 Å². The number of aliphatic carboxylic acids is 1. The first-order valence-electron chi connectivity index (χ1n) is 11.9. The van der Waals surface area contributed by atoms with Crippen LogP contribution in [0.2, 0.25) is 0 Å². The Kier molecular flexibility index (Phi) is 8.53. The van der Waals surface area contributed by atoms with Crippen molar-refractivity contribution in [2.24, 2.45) is 0 Å². The smallest absolute Gasteiger partial charge is 0.471 e. The molecule has 2 aliphatic heterocycles. The Balaban J connectivity index is 2.04. The minimum Gasteiger partial charge on any atom is -0.496 e. The number of allylic oxidation sites excluding steroid dienone is 1. The maximum atomic E-state index is 13.1. The third-order valence-corrected chi connectivity index (χ3v) is 7.00. The summed E-state index contributed by atoms with van der Waals surface area (Å²) < 4.78 is 55.3. The summed E-state index contributed by atoms with van der Waals surface area (Å²) >= 11 is 0. The third-order valence-electron chi connectivity index (χ3n) is 7.00. The molecule has 1 aromatic rings. The van der Waals surface area contributed by atoms with Crippen molar-refractivity contribution >= 4 is 23.5 Å². The van der Waals surface area contributed by atoms with Crippen LogP contribution in [0, 0.1) is 6.92 Å². The zero-order chi connectivity index (χ0) is 27.5. The Labute approximate surface area is 212 Å². The van der Waals surface area contributed by atoms with Crippen LogP contribution in [0.25, 0.3) is 0 Å². The first kappa shape index (κ1) is 28.5. The number of halogens is 3. The van der Waals surface area contributed by atoms with Crippen molar-refractivity contribution in [3.63, 3.8) is 0 Å². The Hall–Kier alpha value is -3.12. The van der Waals surface area contributed by atoms with E-state index in [1.807, 2.05) is 10.2 Å². The molecule has 0 aliphatic carbocycles. The fourth-order valence-electron chi connectivity index (χ4n) is 5.00. The van der Waals surface area contributed by atoms with Crippen LogP contribution in [0.15, 0.2) is 11.6 Å². The standard InChI is InChI=1S/C25H31F3N2O7/c1-5-24(23(33)34,30-8-10-36-11-9-30)12-14(2)6-7-16-19(29-22(32)25(26,27)28)18-17(13-37-21(18)31)15(3)20(16)35-4/h6H,5,7-13H2,1-4H3,(H,29,32)(H,33,34)/b14-6+. The van der Waals surface area contributed by atoms with Gasteiger partial charge in [-0.25, -0.2) is 4.79 Å². The van der Waals surface area contributed by atoms with Crippen LogP contribution >= 0.6 is 0 Å². The molecule has 1 aromatic carbocycles. The number of methoxy groups -OCH3 is 1. The monoisotopic (exact) mass is 528 g/mol. The Morgan fingerprint density at radius 3 is 2.43 bits per heavy atom. The third kappa shape index (κ3) is 5.59. The molecule has 3 rings (SSSR count). The quantitative estimate of drug-likeness (QED) is 0.369. The molecule has 0 spiro atoms. The molecule has 9 nitrogen and oxygen atoms in total. The van der Waals surface area contributed by atoms with E-state index < -0.39 is 29.6 Å². The van der Waals surface area contributed by atoms with Gasteiger partial charge < -0.3 is 24.6 Å². The molecular weight excluding hydrogens is 497 g/mol. The highest BCUT2D eigenvalue weighted by Crippen LogP contribution is 2.42. The van der Waals surface area contributed by atoms with Crippen molar-refractivity contribution in [3.05, 3.63) is 33.9 Å². The van der Waals surface area contributed by atoms with E-state index in [-0.39, 0.29) is 42.0 Å². The van der Waals surface area contributed by atoms with E-state index in [1.165, 1.54) is 7.11 Å². The van der Waals surface area contributed by atoms with Crippen molar-refractivity contribution in [3.8, 4) is 5.75 Å². The second-order valence-electron chi connectivity index (χ2n) is 9.11. The second-order valence-corrected chi connectivity index (χ2v) is 9.11. The van der Waals surface area contributed by atoms with Crippen LogP contribution in [0.1, 0.15) is 53.7 Å². The number of nitrogens with one attached hydrogen (secondary N) is 1.